The van der Waals surface area contributed by atoms with E-state index in [1.54, 1.807) is 20.8 Å². The van der Waals surface area contributed by atoms with Crippen molar-refractivity contribution >= 4 is 29.3 Å². The molecule has 1 atom stereocenters. The third kappa shape index (κ3) is 6.11. The van der Waals surface area contributed by atoms with Gasteiger partial charge in [-0.2, -0.15) is 0 Å². The van der Waals surface area contributed by atoms with Crippen LogP contribution in [0.25, 0.3) is 0 Å². The Kier molecular flexibility index (Phi) is 8.18. The van der Waals surface area contributed by atoms with Crippen LogP contribution >= 0.6 is 11.8 Å². The molecule has 0 spiro atoms. The number of hydrogen-bond acceptors (Lipinski definition) is 4. The van der Waals surface area contributed by atoms with Gasteiger partial charge in [0.2, 0.25) is 5.91 Å². The van der Waals surface area contributed by atoms with Crippen molar-refractivity contribution in [1.29, 1.82) is 0 Å². The molecule has 0 radical (unpaired) electrons. The predicted molar refractivity (Wildman–Crippen MR) is 91.1 cm³/mol. The lowest BCUT2D eigenvalue weighted by Crippen LogP contribution is -2.23. The topological polar surface area (TPSA) is 55.4 Å². The van der Waals surface area contributed by atoms with Crippen LogP contribution in [-0.2, 0) is 14.3 Å². The first-order valence-electron chi connectivity index (χ1n) is 7.94. The number of esters is 1. The molecule has 0 heterocycles. The molecule has 0 fully saturated rings. The fourth-order valence-electron chi connectivity index (χ4n) is 1.91. The van der Waals surface area contributed by atoms with Gasteiger partial charge in [0.05, 0.1) is 11.8 Å². The summed E-state index contributed by atoms with van der Waals surface area (Å²) in [5, 5.41) is 1.82. The SMILES string of the molecule is CCCC(=O)Nc1cc(SC(CC)C(=O)OC(C)C)c(F)cc1F. The zero-order valence-corrected chi connectivity index (χ0v) is 15.1. The maximum Gasteiger partial charge on any atom is 0.319 e. The second-order valence-electron chi connectivity index (χ2n) is 5.56. The molecule has 0 aliphatic rings. The largest absolute Gasteiger partial charge is 0.462 e. The number of benzene rings is 1. The lowest BCUT2D eigenvalue weighted by molar-refractivity contribution is -0.146. The number of thioether (sulfide) groups is 1. The van der Waals surface area contributed by atoms with Crippen LogP contribution in [0.5, 0.6) is 0 Å². The third-order valence-electron chi connectivity index (χ3n) is 3.03. The molecule has 0 aromatic heterocycles. The normalized spacial score (nSPS) is 12.1. The van der Waals surface area contributed by atoms with E-state index in [9.17, 15) is 18.4 Å². The van der Waals surface area contributed by atoms with Crippen LogP contribution in [0.15, 0.2) is 17.0 Å². The van der Waals surface area contributed by atoms with Crippen LogP contribution in [0.4, 0.5) is 14.5 Å². The number of nitrogens with one attached hydrogen (secondary N) is 1. The highest BCUT2D eigenvalue weighted by atomic mass is 32.2. The van der Waals surface area contributed by atoms with Crippen molar-refractivity contribution in [2.75, 3.05) is 5.32 Å². The van der Waals surface area contributed by atoms with Gasteiger partial charge in [0.1, 0.15) is 16.9 Å². The molecule has 1 N–H and O–H groups in total. The van der Waals surface area contributed by atoms with Crippen LogP contribution in [-0.4, -0.2) is 23.2 Å². The Labute approximate surface area is 145 Å². The highest BCUT2D eigenvalue weighted by molar-refractivity contribution is 8.00. The van der Waals surface area contributed by atoms with E-state index in [-0.39, 0.29) is 29.0 Å². The van der Waals surface area contributed by atoms with Crippen molar-refractivity contribution < 1.29 is 23.1 Å². The summed E-state index contributed by atoms with van der Waals surface area (Å²) in [6, 6.07) is 1.93. The van der Waals surface area contributed by atoms with Crippen molar-refractivity contribution in [3.8, 4) is 0 Å². The number of rotatable bonds is 8. The summed E-state index contributed by atoms with van der Waals surface area (Å²) in [6.45, 7) is 7.07. The van der Waals surface area contributed by atoms with Crippen molar-refractivity contribution in [3.05, 3.63) is 23.8 Å². The minimum atomic E-state index is -0.848. The zero-order valence-electron chi connectivity index (χ0n) is 14.3. The summed E-state index contributed by atoms with van der Waals surface area (Å²) in [4.78, 5) is 23.7. The number of amides is 1. The van der Waals surface area contributed by atoms with Gasteiger partial charge in [-0.15, -0.1) is 11.8 Å². The van der Waals surface area contributed by atoms with E-state index in [1.807, 2.05) is 6.92 Å². The maximum atomic E-state index is 14.0. The Morgan fingerprint density at radius 2 is 1.88 bits per heavy atom. The summed E-state index contributed by atoms with van der Waals surface area (Å²) in [6.07, 6.45) is 1.03. The molecule has 0 aliphatic carbocycles. The zero-order chi connectivity index (χ0) is 18.3. The second-order valence-corrected chi connectivity index (χ2v) is 6.81. The molecule has 1 rings (SSSR count). The fraction of sp³-hybridized carbons (Fsp3) is 0.529. The van der Waals surface area contributed by atoms with Gasteiger partial charge in [0, 0.05) is 17.4 Å². The summed E-state index contributed by atoms with van der Waals surface area (Å²) in [5.41, 5.74) is -0.0931. The Hall–Kier alpha value is -1.63. The second kappa shape index (κ2) is 9.61. The van der Waals surface area contributed by atoms with E-state index in [1.165, 1.54) is 6.07 Å². The molecule has 0 saturated carbocycles. The first-order chi connectivity index (χ1) is 11.3. The molecule has 0 bridgehead atoms. The summed E-state index contributed by atoms with van der Waals surface area (Å²) < 4.78 is 33.0. The minimum Gasteiger partial charge on any atom is -0.462 e. The molecule has 1 aromatic carbocycles. The van der Waals surface area contributed by atoms with Crippen molar-refractivity contribution in [3.63, 3.8) is 0 Å². The van der Waals surface area contributed by atoms with Crippen LogP contribution in [0.3, 0.4) is 0 Å². The van der Waals surface area contributed by atoms with Gasteiger partial charge in [0.25, 0.3) is 0 Å². The first-order valence-corrected chi connectivity index (χ1v) is 8.82. The third-order valence-corrected chi connectivity index (χ3v) is 4.40. The average molecular weight is 359 g/mol. The molecule has 1 aromatic rings. The van der Waals surface area contributed by atoms with Gasteiger partial charge in [-0.05, 0) is 32.8 Å². The maximum absolute atomic E-state index is 14.0. The number of ether oxygens (including phenoxy) is 1. The molecule has 24 heavy (non-hydrogen) atoms. The van der Waals surface area contributed by atoms with Gasteiger partial charge >= 0.3 is 5.97 Å². The fourth-order valence-corrected chi connectivity index (χ4v) is 2.90. The molecule has 134 valence electrons. The number of carbonyl (C=O) groups is 2. The predicted octanol–water partition coefficient (Wildman–Crippen LogP) is 4.53. The van der Waals surface area contributed by atoms with Crippen LogP contribution in [0, 0.1) is 11.6 Å². The van der Waals surface area contributed by atoms with Crippen LogP contribution in [0.1, 0.15) is 47.0 Å². The van der Waals surface area contributed by atoms with Gasteiger partial charge < -0.3 is 10.1 Å². The number of anilines is 1. The number of carbonyl (C=O) groups excluding carboxylic acids is 2. The van der Waals surface area contributed by atoms with Gasteiger partial charge in [-0.25, -0.2) is 8.78 Å². The Bertz CT molecular complexity index is 593. The quantitative estimate of drug-likeness (QED) is 0.547. The molecule has 0 aliphatic heterocycles. The summed E-state index contributed by atoms with van der Waals surface area (Å²) in [5.74, 6) is -2.41. The van der Waals surface area contributed by atoms with Crippen molar-refractivity contribution in [1.82, 2.24) is 0 Å². The van der Waals surface area contributed by atoms with E-state index in [0.29, 0.717) is 18.9 Å². The average Bonchev–Trinajstić information content (AvgIpc) is 2.48. The van der Waals surface area contributed by atoms with Crippen LogP contribution in [0.2, 0.25) is 0 Å². The van der Waals surface area contributed by atoms with E-state index in [0.717, 1.165) is 11.8 Å². The van der Waals surface area contributed by atoms with Crippen molar-refractivity contribution in [2.45, 2.75) is 63.2 Å². The highest BCUT2D eigenvalue weighted by Gasteiger charge is 2.23. The first kappa shape index (κ1) is 20.4. The molecular formula is C17H23F2NO3S. The van der Waals surface area contributed by atoms with Crippen molar-refractivity contribution in [2.24, 2.45) is 0 Å². The molecule has 1 unspecified atom stereocenters. The standard InChI is InChI=1S/C17H23F2NO3S/c1-5-7-16(21)20-13-9-15(12(19)8-11(13)18)24-14(6-2)17(22)23-10(3)4/h8-10,14H,5-7H2,1-4H3,(H,20,21). The molecule has 0 saturated heterocycles. The van der Waals surface area contributed by atoms with Gasteiger partial charge in [-0.3, -0.25) is 9.59 Å². The number of hydrogen-bond donors (Lipinski definition) is 1. The Morgan fingerprint density at radius 1 is 1.21 bits per heavy atom. The molecular weight excluding hydrogens is 336 g/mol. The van der Waals surface area contributed by atoms with Gasteiger partial charge in [0.15, 0.2) is 0 Å². The smallest absolute Gasteiger partial charge is 0.319 e. The number of halogens is 2. The summed E-state index contributed by atoms with van der Waals surface area (Å²) >= 11 is 0.961. The Balaban J connectivity index is 2.97. The minimum absolute atomic E-state index is 0.0931. The highest BCUT2D eigenvalue weighted by Crippen LogP contribution is 2.32. The molecule has 7 heteroatoms. The Morgan fingerprint density at radius 3 is 2.42 bits per heavy atom. The van der Waals surface area contributed by atoms with Gasteiger partial charge in [-0.1, -0.05) is 13.8 Å². The molecule has 4 nitrogen and oxygen atoms in total. The van der Waals surface area contributed by atoms with E-state index in [2.05, 4.69) is 5.32 Å². The monoisotopic (exact) mass is 359 g/mol. The summed E-state index contributed by atoms with van der Waals surface area (Å²) in [7, 11) is 0. The molecule has 1 amide bonds. The van der Waals surface area contributed by atoms with E-state index in [4.69, 9.17) is 4.74 Å². The lowest BCUT2D eigenvalue weighted by atomic mass is 10.2. The van der Waals surface area contributed by atoms with E-state index < -0.39 is 22.9 Å². The van der Waals surface area contributed by atoms with Crippen LogP contribution < -0.4 is 5.32 Å². The lowest BCUT2D eigenvalue weighted by Gasteiger charge is -2.17. The van der Waals surface area contributed by atoms with E-state index >= 15 is 0 Å².